The second-order valence-corrected chi connectivity index (χ2v) is 6.51. The molecule has 0 fully saturated rings. The van der Waals surface area contributed by atoms with Crippen LogP contribution in [0.2, 0.25) is 0 Å². The van der Waals surface area contributed by atoms with E-state index in [1.807, 2.05) is 35.6 Å². The van der Waals surface area contributed by atoms with Crippen molar-refractivity contribution in [3.05, 3.63) is 57.3 Å². The normalized spacial score (nSPS) is 18.4. The molecule has 2 aromatic rings. The first-order chi connectivity index (χ1) is 10.2. The standard InChI is InChI=1S/C17H20N2OS/c1-2-15-14-8-10-21-16(14)7-9-19(15)11-12-3-5-13(6-4-12)17(18)20/h3-6,8,10,15H,2,7,9,11H2,1H3,(H2,18,20)/t15-/m0/s1. The minimum Gasteiger partial charge on any atom is -0.366 e. The van der Waals surface area contributed by atoms with E-state index >= 15 is 0 Å². The summed E-state index contributed by atoms with van der Waals surface area (Å²) < 4.78 is 0. The molecule has 0 radical (unpaired) electrons. The molecule has 3 nitrogen and oxygen atoms in total. The number of nitrogens with zero attached hydrogens (tertiary/aromatic N) is 1. The molecule has 21 heavy (non-hydrogen) atoms. The van der Waals surface area contributed by atoms with E-state index in [0.717, 1.165) is 25.9 Å². The third kappa shape index (κ3) is 2.87. The smallest absolute Gasteiger partial charge is 0.248 e. The predicted molar refractivity (Wildman–Crippen MR) is 86.4 cm³/mol. The van der Waals surface area contributed by atoms with Gasteiger partial charge in [0.25, 0.3) is 0 Å². The van der Waals surface area contributed by atoms with E-state index in [9.17, 15) is 4.79 Å². The maximum atomic E-state index is 11.1. The first-order valence-electron chi connectivity index (χ1n) is 7.38. The summed E-state index contributed by atoms with van der Waals surface area (Å²) in [6.07, 6.45) is 2.27. The summed E-state index contributed by atoms with van der Waals surface area (Å²) in [5, 5.41) is 2.21. The van der Waals surface area contributed by atoms with Crippen molar-refractivity contribution in [3.63, 3.8) is 0 Å². The second kappa shape index (κ2) is 6.00. The van der Waals surface area contributed by atoms with Gasteiger partial charge in [0.05, 0.1) is 0 Å². The summed E-state index contributed by atoms with van der Waals surface area (Å²) in [6.45, 7) is 4.27. The van der Waals surface area contributed by atoms with Crippen molar-refractivity contribution in [1.29, 1.82) is 0 Å². The summed E-state index contributed by atoms with van der Waals surface area (Å²) in [4.78, 5) is 15.2. The van der Waals surface area contributed by atoms with E-state index in [1.54, 1.807) is 4.88 Å². The minimum absolute atomic E-state index is 0.367. The molecule has 2 heterocycles. The molecule has 4 heteroatoms. The molecule has 0 saturated carbocycles. The number of carbonyl (C=O) groups excluding carboxylic acids is 1. The number of benzene rings is 1. The highest BCUT2D eigenvalue weighted by atomic mass is 32.1. The largest absolute Gasteiger partial charge is 0.366 e. The van der Waals surface area contributed by atoms with Crippen molar-refractivity contribution in [2.75, 3.05) is 6.54 Å². The highest BCUT2D eigenvalue weighted by Crippen LogP contribution is 2.35. The summed E-state index contributed by atoms with van der Waals surface area (Å²) >= 11 is 1.88. The average molecular weight is 300 g/mol. The van der Waals surface area contributed by atoms with Crippen LogP contribution in [0.3, 0.4) is 0 Å². The van der Waals surface area contributed by atoms with Crippen LogP contribution >= 0.6 is 11.3 Å². The molecule has 1 atom stereocenters. The molecule has 3 rings (SSSR count). The van der Waals surface area contributed by atoms with Crippen molar-refractivity contribution in [2.24, 2.45) is 5.73 Å². The van der Waals surface area contributed by atoms with E-state index < -0.39 is 0 Å². The van der Waals surface area contributed by atoms with Crippen LogP contribution in [0.5, 0.6) is 0 Å². The number of primary amides is 1. The molecule has 0 aliphatic carbocycles. The van der Waals surface area contributed by atoms with Gasteiger partial charge in [0.1, 0.15) is 0 Å². The zero-order valence-corrected chi connectivity index (χ0v) is 13.0. The highest BCUT2D eigenvalue weighted by Gasteiger charge is 2.26. The zero-order chi connectivity index (χ0) is 14.8. The molecular formula is C17H20N2OS. The predicted octanol–water partition coefficient (Wildman–Crippen LogP) is 3.36. The Morgan fingerprint density at radius 2 is 2.10 bits per heavy atom. The number of carbonyl (C=O) groups is 1. The van der Waals surface area contributed by atoms with Crippen LogP contribution in [0.25, 0.3) is 0 Å². The minimum atomic E-state index is -0.367. The Morgan fingerprint density at radius 1 is 1.33 bits per heavy atom. The molecule has 1 aliphatic rings. The van der Waals surface area contributed by atoms with Crippen molar-refractivity contribution in [1.82, 2.24) is 4.90 Å². The number of amides is 1. The van der Waals surface area contributed by atoms with Crippen LogP contribution in [-0.2, 0) is 13.0 Å². The van der Waals surface area contributed by atoms with Crippen LogP contribution in [0.15, 0.2) is 35.7 Å². The van der Waals surface area contributed by atoms with E-state index in [1.165, 1.54) is 11.1 Å². The van der Waals surface area contributed by atoms with E-state index in [0.29, 0.717) is 11.6 Å². The lowest BCUT2D eigenvalue weighted by atomic mass is 9.97. The zero-order valence-electron chi connectivity index (χ0n) is 12.2. The van der Waals surface area contributed by atoms with Gasteiger partial charge in [0, 0.05) is 29.6 Å². The third-order valence-corrected chi connectivity index (χ3v) is 5.21. The SMILES string of the molecule is CC[C@H]1c2ccsc2CCN1Cc1ccc(C(N)=O)cc1. The fraction of sp³-hybridized carbons (Fsp3) is 0.353. The van der Waals surface area contributed by atoms with Crippen LogP contribution in [-0.4, -0.2) is 17.4 Å². The van der Waals surface area contributed by atoms with Gasteiger partial charge in [-0.15, -0.1) is 11.3 Å². The summed E-state index contributed by atoms with van der Waals surface area (Å²) in [5.74, 6) is -0.367. The summed E-state index contributed by atoms with van der Waals surface area (Å²) in [6, 6.07) is 10.4. The molecule has 0 unspecified atom stereocenters. The fourth-order valence-corrected chi connectivity index (χ4v) is 4.05. The average Bonchev–Trinajstić information content (AvgIpc) is 2.96. The van der Waals surface area contributed by atoms with Crippen molar-refractivity contribution in [3.8, 4) is 0 Å². The Hall–Kier alpha value is -1.65. The van der Waals surface area contributed by atoms with Crippen molar-refractivity contribution < 1.29 is 4.79 Å². The van der Waals surface area contributed by atoms with Gasteiger partial charge in [0.2, 0.25) is 5.91 Å². The van der Waals surface area contributed by atoms with Gasteiger partial charge in [-0.2, -0.15) is 0 Å². The fourth-order valence-electron chi connectivity index (χ4n) is 3.12. The van der Waals surface area contributed by atoms with Gasteiger partial charge in [-0.1, -0.05) is 19.1 Å². The molecule has 0 bridgehead atoms. The number of hydrogen-bond acceptors (Lipinski definition) is 3. The van der Waals surface area contributed by atoms with Crippen LogP contribution in [0.4, 0.5) is 0 Å². The Morgan fingerprint density at radius 3 is 2.76 bits per heavy atom. The molecule has 1 aromatic carbocycles. The molecule has 1 aliphatic heterocycles. The van der Waals surface area contributed by atoms with Crippen molar-refractivity contribution in [2.45, 2.75) is 32.4 Å². The Balaban J connectivity index is 1.77. The molecule has 0 spiro atoms. The maximum absolute atomic E-state index is 11.1. The summed E-state index contributed by atoms with van der Waals surface area (Å²) in [7, 11) is 0. The lowest BCUT2D eigenvalue weighted by Gasteiger charge is -2.35. The number of rotatable bonds is 4. The molecule has 0 saturated heterocycles. The van der Waals surface area contributed by atoms with E-state index in [2.05, 4.69) is 23.3 Å². The first-order valence-corrected chi connectivity index (χ1v) is 8.26. The number of nitrogens with two attached hydrogens (primary N) is 1. The topological polar surface area (TPSA) is 46.3 Å². The van der Waals surface area contributed by atoms with E-state index in [4.69, 9.17) is 5.73 Å². The number of thiophene rings is 1. The molecular weight excluding hydrogens is 280 g/mol. The van der Waals surface area contributed by atoms with Gasteiger partial charge in [-0.3, -0.25) is 9.69 Å². The molecule has 110 valence electrons. The second-order valence-electron chi connectivity index (χ2n) is 5.50. The van der Waals surface area contributed by atoms with Crippen molar-refractivity contribution >= 4 is 17.2 Å². The molecule has 2 N–H and O–H groups in total. The maximum Gasteiger partial charge on any atom is 0.248 e. The number of hydrogen-bond donors (Lipinski definition) is 1. The lowest BCUT2D eigenvalue weighted by molar-refractivity contribution is 0.1000. The Kier molecular flexibility index (Phi) is 4.08. The van der Waals surface area contributed by atoms with Crippen LogP contribution in [0, 0.1) is 0 Å². The van der Waals surface area contributed by atoms with Crippen LogP contribution < -0.4 is 5.73 Å². The quantitative estimate of drug-likeness (QED) is 0.941. The first kappa shape index (κ1) is 14.3. The molecule has 1 amide bonds. The molecule has 1 aromatic heterocycles. The third-order valence-electron chi connectivity index (χ3n) is 4.22. The van der Waals surface area contributed by atoms with Crippen LogP contribution in [0.1, 0.15) is 45.7 Å². The van der Waals surface area contributed by atoms with Gasteiger partial charge in [-0.25, -0.2) is 0 Å². The highest BCUT2D eigenvalue weighted by molar-refractivity contribution is 7.10. The Labute approximate surface area is 129 Å². The van der Waals surface area contributed by atoms with Gasteiger partial charge < -0.3 is 5.73 Å². The van der Waals surface area contributed by atoms with Gasteiger partial charge in [0.15, 0.2) is 0 Å². The Bertz CT molecular complexity index is 632. The number of fused-ring (bicyclic) bond motifs is 1. The monoisotopic (exact) mass is 300 g/mol. The summed E-state index contributed by atoms with van der Waals surface area (Å²) in [5.41, 5.74) is 8.59. The van der Waals surface area contributed by atoms with Gasteiger partial charge in [-0.05, 0) is 47.5 Å². The lowest BCUT2D eigenvalue weighted by Crippen LogP contribution is -2.33. The van der Waals surface area contributed by atoms with Gasteiger partial charge >= 0.3 is 0 Å². The van der Waals surface area contributed by atoms with E-state index in [-0.39, 0.29) is 5.91 Å².